The van der Waals surface area contributed by atoms with Gasteiger partial charge in [-0.2, -0.15) is 0 Å². The van der Waals surface area contributed by atoms with E-state index in [9.17, 15) is 26.4 Å². The summed E-state index contributed by atoms with van der Waals surface area (Å²) in [6.45, 7) is 3.60. The number of benzene rings is 3. The lowest BCUT2D eigenvalue weighted by Gasteiger charge is -2.17. The number of Topliss-reactive ketones (excluding diaryl/α,β-unsaturated/α-hetero) is 1. The number of rotatable bonds is 9. The van der Waals surface area contributed by atoms with Crippen molar-refractivity contribution in [3.8, 4) is 5.75 Å². The molecule has 0 saturated heterocycles. The van der Waals surface area contributed by atoms with Crippen LogP contribution in [-0.2, 0) is 19.7 Å². The lowest BCUT2D eigenvalue weighted by molar-refractivity contribution is 0.0942. The Morgan fingerprint density at radius 2 is 1.11 bits per heavy atom. The van der Waals surface area contributed by atoms with Crippen LogP contribution >= 0.6 is 0 Å². The molecule has 0 saturated carbocycles. The predicted octanol–water partition coefficient (Wildman–Crippen LogP) is 4.11. The number of sulfone groups is 2. The molecular weight excluding hydrogens is 492 g/mol. The minimum Gasteiger partial charge on any atom is -0.449 e. The van der Waals surface area contributed by atoms with E-state index in [-0.39, 0.29) is 21.1 Å². The summed E-state index contributed by atoms with van der Waals surface area (Å²) in [6.07, 6.45) is -1.53. The first-order valence-electron chi connectivity index (χ1n) is 10.5. The van der Waals surface area contributed by atoms with Gasteiger partial charge in [0.2, 0.25) is 0 Å². The molecule has 0 bridgehead atoms. The van der Waals surface area contributed by atoms with E-state index in [1.54, 1.807) is 38.1 Å². The van der Waals surface area contributed by atoms with Crippen molar-refractivity contribution in [2.45, 2.75) is 23.6 Å². The molecular formula is C25H24O8S2. The fourth-order valence-electron chi connectivity index (χ4n) is 3.44. The number of carbonyl (C=O) groups is 2. The molecule has 0 aliphatic carbocycles. The number of carboxylic acid groups (broad SMARTS) is 1. The van der Waals surface area contributed by atoms with Gasteiger partial charge in [0, 0.05) is 5.56 Å². The van der Waals surface area contributed by atoms with Crippen LogP contribution in [0.3, 0.4) is 0 Å². The van der Waals surface area contributed by atoms with Crippen LogP contribution in [0.1, 0.15) is 21.5 Å². The fraction of sp³-hybridized carbons (Fsp3) is 0.200. The third kappa shape index (κ3) is 6.77. The van der Waals surface area contributed by atoms with E-state index in [1.807, 2.05) is 0 Å². The van der Waals surface area contributed by atoms with Gasteiger partial charge in [-0.3, -0.25) is 4.79 Å². The molecule has 184 valence electrons. The van der Waals surface area contributed by atoms with Gasteiger partial charge in [0.05, 0.1) is 27.2 Å². The van der Waals surface area contributed by atoms with E-state index in [0.29, 0.717) is 0 Å². The highest BCUT2D eigenvalue weighted by Crippen LogP contribution is 2.24. The molecule has 0 spiro atoms. The summed E-state index contributed by atoms with van der Waals surface area (Å²) in [5.41, 5.74) is 1.73. The van der Waals surface area contributed by atoms with Gasteiger partial charge >= 0.3 is 6.16 Å². The zero-order valence-electron chi connectivity index (χ0n) is 19.0. The topological polar surface area (TPSA) is 132 Å². The van der Waals surface area contributed by atoms with E-state index in [4.69, 9.17) is 5.11 Å². The molecule has 0 unspecified atom stereocenters. The first kappa shape index (κ1) is 26.1. The summed E-state index contributed by atoms with van der Waals surface area (Å²) in [4.78, 5) is 24.0. The molecule has 10 heteroatoms. The summed E-state index contributed by atoms with van der Waals surface area (Å²) in [5, 5.41) is 8.72. The zero-order valence-corrected chi connectivity index (χ0v) is 20.7. The summed E-state index contributed by atoms with van der Waals surface area (Å²) in [6, 6.07) is 17.1. The second-order valence-electron chi connectivity index (χ2n) is 8.14. The van der Waals surface area contributed by atoms with Crippen LogP contribution in [0.5, 0.6) is 5.75 Å². The molecule has 0 aliphatic heterocycles. The van der Waals surface area contributed by atoms with E-state index >= 15 is 0 Å². The average molecular weight is 517 g/mol. The molecule has 0 heterocycles. The van der Waals surface area contributed by atoms with Gasteiger partial charge in [-0.25, -0.2) is 21.6 Å². The Kier molecular flexibility index (Phi) is 7.76. The molecule has 1 N–H and O–H groups in total. The summed E-state index contributed by atoms with van der Waals surface area (Å²) in [7, 11) is -8.00. The Hall–Kier alpha value is -3.50. The molecule has 3 aromatic rings. The molecule has 0 radical (unpaired) electrons. The Morgan fingerprint density at radius 3 is 1.49 bits per heavy atom. The number of hydrogen-bond donors (Lipinski definition) is 1. The van der Waals surface area contributed by atoms with Crippen molar-refractivity contribution in [2.24, 2.45) is 5.92 Å². The molecule has 0 aromatic heterocycles. The molecule has 0 aliphatic rings. The molecule has 3 aromatic carbocycles. The van der Waals surface area contributed by atoms with Crippen molar-refractivity contribution in [1.82, 2.24) is 0 Å². The maximum absolute atomic E-state index is 13.3. The zero-order chi connectivity index (χ0) is 25.8. The minimum atomic E-state index is -4.00. The molecule has 35 heavy (non-hydrogen) atoms. The van der Waals surface area contributed by atoms with Crippen molar-refractivity contribution in [3.05, 3.63) is 89.5 Å². The summed E-state index contributed by atoms with van der Waals surface area (Å²) < 4.78 is 56.9. The SMILES string of the molecule is Cc1ccc(S(=O)(=O)CC(CS(=O)(=O)c2ccc(C)cc2)C(=O)c2ccc(OC(=O)O)cc2)cc1. The number of ether oxygens (including phenoxy) is 1. The first-order chi connectivity index (χ1) is 16.4. The highest BCUT2D eigenvalue weighted by molar-refractivity contribution is 7.92. The molecule has 3 rings (SSSR count). The molecule has 0 fully saturated rings. The highest BCUT2D eigenvalue weighted by atomic mass is 32.2. The lowest BCUT2D eigenvalue weighted by Crippen LogP contribution is -2.31. The van der Waals surface area contributed by atoms with Gasteiger partial charge in [-0.05, 0) is 62.4 Å². The standard InChI is InChI=1S/C25H24O8S2/c1-17-3-11-22(12-4-17)34(29,30)15-20(16-35(31,32)23-13-5-18(2)6-14-23)24(26)19-7-9-21(10-8-19)33-25(27)28/h3-14,20H,15-16H2,1-2H3,(H,27,28). The Bertz CT molecular complexity index is 1350. The third-order valence-corrected chi connectivity index (χ3v) is 8.98. The highest BCUT2D eigenvalue weighted by Gasteiger charge is 2.32. The number of aryl methyl sites for hydroxylation is 2. The smallest absolute Gasteiger partial charge is 0.449 e. The van der Waals surface area contributed by atoms with Gasteiger partial charge in [0.25, 0.3) is 0 Å². The second kappa shape index (κ2) is 10.4. The summed E-state index contributed by atoms with van der Waals surface area (Å²) >= 11 is 0. The Balaban J connectivity index is 1.97. The Labute approximate surface area is 204 Å². The molecule has 0 amide bonds. The van der Waals surface area contributed by atoms with Crippen LogP contribution < -0.4 is 4.74 Å². The van der Waals surface area contributed by atoms with Crippen molar-refractivity contribution in [1.29, 1.82) is 0 Å². The molecule has 0 atom stereocenters. The van der Waals surface area contributed by atoms with E-state index in [0.717, 1.165) is 11.1 Å². The van der Waals surface area contributed by atoms with Gasteiger partial charge in [-0.1, -0.05) is 35.4 Å². The van der Waals surface area contributed by atoms with Crippen molar-refractivity contribution >= 4 is 31.6 Å². The minimum absolute atomic E-state index is 0.0150. The fourth-order valence-corrected chi connectivity index (χ4v) is 6.67. The van der Waals surface area contributed by atoms with Gasteiger partial charge in [0.15, 0.2) is 25.5 Å². The largest absolute Gasteiger partial charge is 0.511 e. The van der Waals surface area contributed by atoms with Gasteiger partial charge in [-0.15, -0.1) is 0 Å². The van der Waals surface area contributed by atoms with Crippen LogP contribution in [0.2, 0.25) is 0 Å². The first-order valence-corrected chi connectivity index (χ1v) is 13.8. The molecule has 8 nitrogen and oxygen atoms in total. The van der Waals surface area contributed by atoms with Crippen LogP contribution in [0.15, 0.2) is 82.6 Å². The van der Waals surface area contributed by atoms with E-state index in [1.165, 1.54) is 48.5 Å². The lowest BCUT2D eigenvalue weighted by atomic mass is 10.0. The van der Waals surface area contributed by atoms with Crippen molar-refractivity contribution < 1.29 is 36.3 Å². The normalized spacial score (nSPS) is 11.9. The van der Waals surface area contributed by atoms with Crippen LogP contribution in [0.4, 0.5) is 4.79 Å². The quantitative estimate of drug-likeness (QED) is 0.255. The summed E-state index contributed by atoms with van der Waals surface area (Å²) in [5.74, 6) is -3.57. The maximum atomic E-state index is 13.3. The van der Waals surface area contributed by atoms with Crippen LogP contribution in [0.25, 0.3) is 0 Å². The van der Waals surface area contributed by atoms with E-state index in [2.05, 4.69) is 4.74 Å². The van der Waals surface area contributed by atoms with Gasteiger partial charge in [0.1, 0.15) is 5.75 Å². The maximum Gasteiger partial charge on any atom is 0.511 e. The second-order valence-corrected chi connectivity index (χ2v) is 12.2. The third-order valence-electron chi connectivity index (χ3n) is 5.32. The predicted molar refractivity (Wildman–Crippen MR) is 129 cm³/mol. The van der Waals surface area contributed by atoms with Crippen LogP contribution in [0, 0.1) is 19.8 Å². The van der Waals surface area contributed by atoms with E-state index < -0.39 is 49.0 Å². The van der Waals surface area contributed by atoms with Crippen molar-refractivity contribution in [2.75, 3.05) is 11.5 Å². The number of carbonyl (C=O) groups excluding carboxylic acids is 1. The van der Waals surface area contributed by atoms with Crippen LogP contribution in [-0.4, -0.2) is 45.4 Å². The Morgan fingerprint density at radius 1 is 0.714 bits per heavy atom. The van der Waals surface area contributed by atoms with Crippen molar-refractivity contribution in [3.63, 3.8) is 0 Å². The number of hydrogen-bond acceptors (Lipinski definition) is 7. The van der Waals surface area contributed by atoms with Gasteiger partial charge < -0.3 is 9.84 Å². The average Bonchev–Trinajstić information content (AvgIpc) is 2.78. The number of ketones is 1. The monoisotopic (exact) mass is 516 g/mol.